The van der Waals surface area contributed by atoms with Gasteiger partial charge in [-0.15, -0.1) is 0 Å². The molecule has 2 rings (SSSR count). The molecule has 0 heterocycles. The number of carboxylic acids is 2. The van der Waals surface area contributed by atoms with Gasteiger partial charge in [0.25, 0.3) is 0 Å². The van der Waals surface area contributed by atoms with Crippen LogP contribution in [0, 0.1) is 0 Å². The van der Waals surface area contributed by atoms with Crippen molar-refractivity contribution >= 4 is 33.7 Å². The Bertz CT molecular complexity index is 821. The molecule has 26 heavy (non-hydrogen) atoms. The van der Waals surface area contributed by atoms with E-state index in [-0.39, 0.29) is 12.4 Å². The predicted octanol–water partition coefficient (Wildman–Crippen LogP) is 2.06. The van der Waals surface area contributed by atoms with Crippen molar-refractivity contribution in [2.24, 2.45) is 5.73 Å². The van der Waals surface area contributed by atoms with Gasteiger partial charge in [0, 0.05) is 15.6 Å². The molecule has 0 aliphatic carbocycles. The summed E-state index contributed by atoms with van der Waals surface area (Å²) in [6, 6.07) is 11.7. The van der Waals surface area contributed by atoms with Crippen LogP contribution in [0.25, 0.3) is 0 Å². The van der Waals surface area contributed by atoms with E-state index in [1.54, 1.807) is 48.5 Å². The Morgan fingerprint density at radius 3 is 2.23 bits per heavy atom. The van der Waals surface area contributed by atoms with Crippen molar-refractivity contribution in [1.29, 1.82) is 0 Å². The molecule has 0 amide bonds. The molecule has 0 fully saturated rings. The smallest absolute Gasteiger partial charge is 0.335 e. The standard InChI is InChI=1S/C18H16BrNO6/c19-13-6-4-11(5-7-13)15(21)12-3-1-2-10(8-12)9-26-16(18(24)25)14(20)17(22)23/h1-8,14,16H,9,20H2,(H,22,23)(H,24,25)/t14-,16-/m0/s1. The van der Waals surface area contributed by atoms with Crippen LogP contribution in [0.4, 0.5) is 0 Å². The van der Waals surface area contributed by atoms with Crippen LogP contribution in [0.3, 0.4) is 0 Å². The van der Waals surface area contributed by atoms with Gasteiger partial charge in [-0.25, -0.2) is 4.79 Å². The van der Waals surface area contributed by atoms with Crippen LogP contribution in [0.1, 0.15) is 21.5 Å². The molecule has 2 aromatic rings. The maximum Gasteiger partial charge on any atom is 0.335 e. The van der Waals surface area contributed by atoms with Gasteiger partial charge in [-0.05, 0) is 35.9 Å². The molecule has 0 saturated heterocycles. The largest absolute Gasteiger partial charge is 0.480 e. The van der Waals surface area contributed by atoms with Gasteiger partial charge >= 0.3 is 11.9 Å². The molecule has 0 radical (unpaired) electrons. The second-order valence-corrected chi connectivity index (χ2v) is 6.39. The lowest BCUT2D eigenvalue weighted by Crippen LogP contribution is -2.47. The normalized spacial score (nSPS) is 13.0. The molecular formula is C18H16BrNO6. The average molecular weight is 422 g/mol. The van der Waals surface area contributed by atoms with E-state index in [0.29, 0.717) is 16.7 Å². The molecule has 0 bridgehead atoms. The van der Waals surface area contributed by atoms with Crippen LogP contribution in [0.2, 0.25) is 0 Å². The lowest BCUT2D eigenvalue weighted by molar-refractivity contribution is -0.159. The monoisotopic (exact) mass is 421 g/mol. The van der Waals surface area contributed by atoms with Gasteiger partial charge in [0.15, 0.2) is 11.9 Å². The molecule has 2 aromatic carbocycles. The first kappa shape index (κ1) is 19.8. The van der Waals surface area contributed by atoms with Crippen LogP contribution in [0.15, 0.2) is 53.0 Å². The van der Waals surface area contributed by atoms with Crippen molar-refractivity contribution in [1.82, 2.24) is 0 Å². The van der Waals surface area contributed by atoms with Gasteiger partial charge in [-0.2, -0.15) is 0 Å². The number of nitrogens with two attached hydrogens (primary N) is 1. The Kier molecular flexibility index (Phi) is 6.62. The molecular weight excluding hydrogens is 406 g/mol. The third-order valence-electron chi connectivity index (χ3n) is 3.58. The molecule has 4 N–H and O–H groups in total. The maximum absolute atomic E-state index is 12.5. The maximum atomic E-state index is 12.5. The molecule has 136 valence electrons. The fourth-order valence-corrected chi connectivity index (χ4v) is 2.48. The zero-order valence-corrected chi connectivity index (χ0v) is 15.0. The van der Waals surface area contributed by atoms with Crippen molar-refractivity contribution in [2.75, 3.05) is 0 Å². The van der Waals surface area contributed by atoms with Gasteiger partial charge in [-0.3, -0.25) is 9.59 Å². The lowest BCUT2D eigenvalue weighted by atomic mass is 10.0. The number of ether oxygens (including phenoxy) is 1. The second-order valence-electron chi connectivity index (χ2n) is 5.47. The number of hydrogen-bond donors (Lipinski definition) is 3. The van der Waals surface area contributed by atoms with E-state index in [4.69, 9.17) is 20.7 Å². The Balaban J connectivity index is 2.13. The molecule has 0 aliphatic heterocycles. The van der Waals surface area contributed by atoms with Crippen LogP contribution in [-0.2, 0) is 20.9 Å². The molecule has 8 heteroatoms. The minimum Gasteiger partial charge on any atom is -0.480 e. The van der Waals surface area contributed by atoms with E-state index in [9.17, 15) is 14.4 Å². The third kappa shape index (κ3) is 4.98. The number of carboxylic acid groups (broad SMARTS) is 2. The molecule has 0 spiro atoms. The van der Waals surface area contributed by atoms with E-state index >= 15 is 0 Å². The van der Waals surface area contributed by atoms with Crippen LogP contribution >= 0.6 is 15.9 Å². The zero-order valence-electron chi connectivity index (χ0n) is 13.5. The summed E-state index contributed by atoms with van der Waals surface area (Å²) in [5.41, 5.74) is 6.76. The number of carbonyl (C=O) groups excluding carboxylic acids is 1. The lowest BCUT2D eigenvalue weighted by Gasteiger charge is -2.17. The number of rotatable bonds is 8. The van der Waals surface area contributed by atoms with Crippen molar-refractivity contribution in [2.45, 2.75) is 18.8 Å². The van der Waals surface area contributed by atoms with E-state index in [0.717, 1.165) is 4.47 Å². The van der Waals surface area contributed by atoms with Gasteiger partial charge in [-0.1, -0.05) is 34.1 Å². The van der Waals surface area contributed by atoms with Gasteiger partial charge in [0.1, 0.15) is 6.04 Å². The van der Waals surface area contributed by atoms with Crippen LogP contribution in [-0.4, -0.2) is 40.1 Å². The first-order chi connectivity index (χ1) is 12.3. The van der Waals surface area contributed by atoms with Crippen molar-refractivity contribution in [3.63, 3.8) is 0 Å². The Labute approximate surface area is 157 Å². The summed E-state index contributed by atoms with van der Waals surface area (Å²) in [7, 11) is 0. The minimum absolute atomic E-state index is 0.195. The number of halogens is 1. The quantitative estimate of drug-likeness (QED) is 0.556. The highest BCUT2D eigenvalue weighted by molar-refractivity contribution is 9.10. The van der Waals surface area contributed by atoms with Gasteiger partial charge in [0.05, 0.1) is 6.61 Å². The number of carbonyl (C=O) groups is 3. The summed E-state index contributed by atoms with van der Waals surface area (Å²) in [5, 5.41) is 17.9. The fraction of sp³-hybridized carbons (Fsp3) is 0.167. The summed E-state index contributed by atoms with van der Waals surface area (Å²) >= 11 is 3.30. The van der Waals surface area contributed by atoms with Crippen molar-refractivity contribution in [3.05, 3.63) is 69.7 Å². The molecule has 0 aromatic heterocycles. The highest BCUT2D eigenvalue weighted by atomic mass is 79.9. The van der Waals surface area contributed by atoms with E-state index in [1.165, 1.54) is 0 Å². The van der Waals surface area contributed by atoms with Gasteiger partial charge < -0.3 is 20.7 Å². The first-order valence-corrected chi connectivity index (χ1v) is 8.31. The Morgan fingerprint density at radius 1 is 1.00 bits per heavy atom. The van der Waals surface area contributed by atoms with Crippen molar-refractivity contribution < 1.29 is 29.3 Å². The molecule has 7 nitrogen and oxygen atoms in total. The zero-order chi connectivity index (χ0) is 19.3. The number of ketones is 1. The highest BCUT2D eigenvalue weighted by Gasteiger charge is 2.31. The number of hydrogen-bond acceptors (Lipinski definition) is 5. The SMILES string of the molecule is N[C@H](C(=O)O)[C@H](OCc1cccc(C(=O)c2ccc(Br)cc2)c1)C(=O)O. The Morgan fingerprint density at radius 2 is 1.65 bits per heavy atom. The molecule has 2 atom stereocenters. The summed E-state index contributed by atoms with van der Waals surface area (Å²) in [5.74, 6) is -3.14. The highest BCUT2D eigenvalue weighted by Crippen LogP contribution is 2.16. The molecule has 0 aliphatic rings. The predicted molar refractivity (Wildman–Crippen MR) is 95.8 cm³/mol. The first-order valence-electron chi connectivity index (χ1n) is 7.51. The van der Waals surface area contributed by atoms with E-state index < -0.39 is 24.1 Å². The van der Waals surface area contributed by atoms with Crippen LogP contribution < -0.4 is 5.73 Å². The summed E-state index contributed by atoms with van der Waals surface area (Å²) < 4.78 is 6.00. The Hall–Kier alpha value is -2.55. The van der Waals surface area contributed by atoms with Crippen LogP contribution in [0.5, 0.6) is 0 Å². The topological polar surface area (TPSA) is 127 Å². The summed E-state index contributed by atoms with van der Waals surface area (Å²) in [4.78, 5) is 34.5. The molecule has 0 saturated carbocycles. The van der Waals surface area contributed by atoms with Gasteiger partial charge in [0.2, 0.25) is 0 Å². The van der Waals surface area contributed by atoms with Crippen molar-refractivity contribution in [3.8, 4) is 0 Å². The number of aliphatic carboxylic acids is 2. The summed E-state index contributed by atoms with van der Waals surface area (Å²) in [6.07, 6.45) is -1.70. The van der Waals surface area contributed by atoms with E-state index in [1.807, 2.05) is 0 Å². The molecule has 0 unspecified atom stereocenters. The average Bonchev–Trinajstić information content (AvgIpc) is 2.61. The van der Waals surface area contributed by atoms with E-state index in [2.05, 4.69) is 15.9 Å². The fourth-order valence-electron chi connectivity index (χ4n) is 2.21. The third-order valence-corrected chi connectivity index (χ3v) is 4.11. The second kappa shape index (κ2) is 8.70. The minimum atomic E-state index is -1.70. The summed E-state index contributed by atoms with van der Waals surface area (Å²) in [6.45, 7) is -0.195. The number of benzene rings is 2.